The summed E-state index contributed by atoms with van der Waals surface area (Å²) >= 11 is 0. The lowest BCUT2D eigenvalue weighted by molar-refractivity contribution is -0.123. The Morgan fingerprint density at radius 2 is 1.84 bits per heavy atom. The van der Waals surface area contributed by atoms with Gasteiger partial charge >= 0.3 is 0 Å². The maximum Gasteiger partial charge on any atom is 0.244 e. The molecule has 162 valence electrons. The predicted molar refractivity (Wildman–Crippen MR) is 116 cm³/mol. The van der Waals surface area contributed by atoms with E-state index in [4.69, 9.17) is 9.47 Å². The van der Waals surface area contributed by atoms with Crippen LogP contribution in [0.5, 0.6) is 11.5 Å². The number of hydrogen-bond acceptors (Lipinski definition) is 6. The third kappa shape index (κ3) is 5.02. The van der Waals surface area contributed by atoms with E-state index in [2.05, 4.69) is 34.6 Å². The molecule has 0 saturated carbocycles. The Morgan fingerprint density at radius 3 is 2.58 bits per heavy atom. The minimum Gasteiger partial charge on any atom is -0.490 e. The minimum atomic E-state index is -0.182. The van der Waals surface area contributed by atoms with E-state index in [9.17, 15) is 4.79 Å². The van der Waals surface area contributed by atoms with Gasteiger partial charge in [0.15, 0.2) is 11.5 Å². The molecule has 0 fully saturated rings. The van der Waals surface area contributed by atoms with E-state index in [0.717, 1.165) is 34.6 Å². The molecule has 1 aliphatic rings. The summed E-state index contributed by atoms with van der Waals surface area (Å²) in [5, 5.41) is 15.5. The SMILES string of the molecule is Cc1ccc(-c2nnn(CC(=O)N[C@@H](c3ccc4c(c3)OCCCO4)C(C)C)n2)cc1. The topological polar surface area (TPSA) is 91.2 Å². The van der Waals surface area contributed by atoms with Crippen molar-refractivity contribution < 1.29 is 14.3 Å². The van der Waals surface area contributed by atoms with Gasteiger partial charge in [-0.2, -0.15) is 4.80 Å². The van der Waals surface area contributed by atoms with Gasteiger partial charge in [0, 0.05) is 12.0 Å². The molecule has 0 aliphatic carbocycles. The number of carbonyl (C=O) groups is 1. The minimum absolute atomic E-state index is 0.00731. The molecule has 4 rings (SSSR count). The molecule has 2 heterocycles. The van der Waals surface area contributed by atoms with E-state index in [-0.39, 0.29) is 24.4 Å². The molecule has 0 bridgehead atoms. The summed E-state index contributed by atoms with van der Waals surface area (Å²) in [5.74, 6) is 1.96. The highest BCUT2D eigenvalue weighted by atomic mass is 16.5. The lowest BCUT2D eigenvalue weighted by atomic mass is 9.95. The zero-order valence-electron chi connectivity index (χ0n) is 18.0. The highest BCUT2D eigenvalue weighted by Crippen LogP contribution is 2.34. The molecule has 1 aromatic heterocycles. The van der Waals surface area contributed by atoms with Crippen molar-refractivity contribution in [3.8, 4) is 22.9 Å². The third-order valence-corrected chi connectivity index (χ3v) is 5.16. The first kappa shape index (κ1) is 20.8. The number of ether oxygens (including phenoxy) is 2. The van der Waals surface area contributed by atoms with Crippen molar-refractivity contribution in [3.63, 3.8) is 0 Å². The van der Waals surface area contributed by atoms with Gasteiger partial charge in [-0.25, -0.2) is 0 Å². The average Bonchev–Trinajstić information content (AvgIpc) is 3.08. The van der Waals surface area contributed by atoms with Crippen molar-refractivity contribution in [1.82, 2.24) is 25.5 Å². The molecule has 3 aromatic rings. The summed E-state index contributed by atoms with van der Waals surface area (Å²) < 4.78 is 11.5. The molecule has 1 aliphatic heterocycles. The summed E-state index contributed by atoms with van der Waals surface area (Å²) in [6.45, 7) is 7.41. The van der Waals surface area contributed by atoms with Gasteiger partial charge in [-0.05, 0) is 35.8 Å². The van der Waals surface area contributed by atoms with Gasteiger partial charge in [-0.3, -0.25) is 4.79 Å². The number of nitrogens with zero attached hydrogens (tertiary/aromatic N) is 4. The molecular formula is C23H27N5O3. The van der Waals surface area contributed by atoms with Gasteiger partial charge in [-0.1, -0.05) is 49.7 Å². The van der Waals surface area contributed by atoms with Crippen molar-refractivity contribution in [2.24, 2.45) is 5.92 Å². The molecule has 0 radical (unpaired) electrons. The fraction of sp³-hybridized carbons (Fsp3) is 0.391. The normalized spacial score (nSPS) is 14.2. The lowest BCUT2D eigenvalue weighted by Crippen LogP contribution is -2.34. The van der Waals surface area contributed by atoms with Crippen LogP contribution < -0.4 is 14.8 Å². The summed E-state index contributed by atoms with van der Waals surface area (Å²) in [6.07, 6.45) is 0.851. The number of benzene rings is 2. The van der Waals surface area contributed by atoms with Gasteiger partial charge < -0.3 is 14.8 Å². The van der Waals surface area contributed by atoms with Crippen LogP contribution in [0.3, 0.4) is 0 Å². The summed E-state index contributed by atoms with van der Waals surface area (Å²) in [4.78, 5) is 14.1. The molecule has 1 amide bonds. The second-order valence-corrected chi connectivity index (χ2v) is 8.06. The predicted octanol–water partition coefficient (Wildman–Crippen LogP) is 3.32. The molecule has 2 aromatic carbocycles. The Balaban J connectivity index is 1.45. The highest BCUT2D eigenvalue weighted by Gasteiger charge is 2.22. The number of rotatable bonds is 6. The highest BCUT2D eigenvalue weighted by molar-refractivity contribution is 5.76. The summed E-state index contributed by atoms with van der Waals surface area (Å²) in [6, 6.07) is 13.5. The van der Waals surface area contributed by atoms with E-state index >= 15 is 0 Å². The monoisotopic (exact) mass is 421 g/mol. The van der Waals surface area contributed by atoms with Crippen LogP contribution in [0.1, 0.15) is 37.4 Å². The van der Waals surface area contributed by atoms with Crippen LogP contribution >= 0.6 is 0 Å². The van der Waals surface area contributed by atoms with Gasteiger partial charge in [-0.15, -0.1) is 10.2 Å². The van der Waals surface area contributed by atoms with E-state index in [0.29, 0.717) is 19.0 Å². The molecule has 0 unspecified atom stereocenters. The fourth-order valence-corrected chi connectivity index (χ4v) is 3.48. The summed E-state index contributed by atoms with van der Waals surface area (Å²) in [7, 11) is 0. The number of amides is 1. The Kier molecular flexibility index (Phi) is 6.16. The Labute approximate surface area is 181 Å². The quantitative estimate of drug-likeness (QED) is 0.657. The second kappa shape index (κ2) is 9.16. The molecule has 0 spiro atoms. The first-order chi connectivity index (χ1) is 15.0. The largest absolute Gasteiger partial charge is 0.490 e. The molecule has 1 atom stereocenters. The van der Waals surface area contributed by atoms with E-state index < -0.39 is 0 Å². The lowest BCUT2D eigenvalue weighted by Gasteiger charge is -2.23. The Bertz CT molecular complexity index is 1050. The van der Waals surface area contributed by atoms with Crippen LogP contribution in [-0.4, -0.2) is 39.3 Å². The van der Waals surface area contributed by atoms with Crippen LogP contribution in [-0.2, 0) is 11.3 Å². The zero-order chi connectivity index (χ0) is 21.8. The number of carbonyl (C=O) groups excluding carboxylic acids is 1. The maximum atomic E-state index is 12.7. The molecule has 1 N–H and O–H groups in total. The van der Waals surface area contributed by atoms with Crippen LogP contribution in [0.4, 0.5) is 0 Å². The number of aryl methyl sites for hydroxylation is 1. The van der Waals surface area contributed by atoms with Crippen LogP contribution in [0.2, 0.25) is 0 Å². The van der Waals surface area contributed by atoms with Crippen LogP contribution in [0.25, 0.3) is 11.4 Å². The van der Waals surface area contributed by atoms with Crippen LogP contribution in [0, 0.1) is 12.8 Å². The van der Waals surface area contributed by atoms with Crippen molar-refractivity contribution in [1.29, 1.82) is 0 Å². The van der Waals surface area contributed by atoms with Crippen molar-refractivity contribution >= 4 is 5.91 Å². The number of tetrazole rings is 1. The van der Waals surface area contributed by atoms with Crippen molar-refractivity contribution in [2.75, 3.05) is 13.2 Å². The zero-order valence-corrected chi connectivity index (χ0v) is 18.0. The van der Waals surface area contributed by atoms with Crippen molar-refractivity contribution in [2.45, 2.75) is 39.8 Å². The number of hydrogen-bond donors (Lipinski definition) is 1. The molecule has 31 heavy (non-hydrogen) atoms. The average molecular weight is 422 g/mol. The Hall–Kier alpha value is -3.42. The molecule has 0 saturated heterocycles. The molecular weight excluding hydrogens is 394 g/mol. The number of fused-ring (bicyclic) bond motifs is 1. The second-order valence-electron chi connectivity index (χ2n) is 8.06. The van der Waals surface area contributed by atoms with Gasteiger partial charge in [0.2, 0.25) is 11.7 Å². The number of aromatic nitrogens is 4. The smallest absolute Gasteiger partial charge is 0.244 e. The third-order valence-electron chi connectivity index (χ3n) is 5.16. The molecule has 8 nitrogen and oxygen atoms in total. The van der Waals surface area contributed by atoms with E-state index in [1.54, 1.807) is 0 Å². The summed E-state index contributed by atoms with van der Waals surface area (Å²) in [5.41, 5.74) is 2.99. The number of nitrogens with one attached hydrogen (secondary N) is 1. The van der Waals surface area contributed by atoms with Gasteiger partial charge in [0.05, 0.1) is 19.3 Å². The van der Waals surface area contributed by atoms with Gasteiger partial charge in [0.25, 0.3) is 0 Å². The maximum absolute atomic E-state index is 12.7. The molecule has 8 heteroatoms. The fourth-order valence-electron chi connectivity index (χ4n) is 3.48. The van der Waals surface area contributed by atoms with E-state index in [1.807, 2.05) is 49.4 Å². The van der Waals surface area contributed by atoms with E-state index in [1.165, 1.54) is 4.80 Å². The first-order valence-electron chi connectivity index (χ1n) is 10.5. The van der Waals surface area contributed by atoms with Crippen molar-refractivity contribution in [3.05, 3.63) is 53.6 Å². The Morgan fingerprint density at radius 1 is 1.10 bits per heavy atom. The standard InChI is InChI=1S/C23H27N5O3/c1-15(2)22(18-9-10-19-20(13-18)31-12-4-11-30-19)24-21(29)14-28-26-23(25-27-28)17-7-5-16(3)6-8-17/h5-10,13,15,22H,4,11-12,14H2,1-3H3,(H,24,29)/t22-/m1/s1. The van der Waals surface area contributed by atoms with Gasteiger partial charge in [0.1, 0.15) is 6.54 Å². The first-order valence-corrected chi connectivity index (χ1v) is 10.5. The van der Waals surface area contributed by atoms with Crippen LogP contribution in [0.15, 0.2) is 42.5 Å².